The number of anilines is 1. The molecule has 1 aliphatic heterocycles. The lowest BCUT2D eigenvalue weighted by atomic mass is 9.98. The lowest BCUT2D eigenvalue weighted by Gasteiger charge is -2.31. The molecule has 3 heterocycles. The highest BCUT2D eigenvalue weighted by Gasteiger charge is 2.26. The highest BCUT2D eigenvalue weighted by atomic mass is 32.1. The number of carboxylic acids is 1. The molecule has 0 aromatic carbocycles. The molecule has 0 bridgehead atoms. The molecule has 1 aliphatic rings. The second-order valence-electron chi connectivity index (χ2n) is 4.88. The molecule has 2 aromatic rings. The summed E-state index contributed by atoms with van der Waals surface area (Å²) in [6, 6.07) is 7.86. The third-order valence-corrected chi connectivity index (χ3v) is 4.41. The normalized spacial score (nSPS) is 19.0. The summed E-state index contributed by atoms with van der Waals surface area (Å²) in [5, 5.41) is 19.6. The van der Waals surface area contributed by atoms with E-state index in [0.717, 1.165) is 35.8 Å². The number of rotatable bonds is 3. The minimum atomic E-state index is -0.724. The number of piperidine rings is 1. The van der Waals surface area contributed by atoms with Crippen LogP contribution in [0.15, 0.2) is 29.6 Å². The molecule has 3 rings (SSSR count). The van der Waals surface area contributed by atoms with Crippen molar-refractivity contribution < 1.29 is 9.90 Å². The first-order valence-corrected chi connectivity index (χ1v) is 7.47. The lowest BCUT2D eigenvalue weighted by Crippen LogP contribution is -2.39. The van der Waals surface area contributed by atoms with Crippen LogP contribution in [0.25, 0.3) is 10.6 Å². The summed E-state index contributed by atoms with van der Waals surface area (Å²) in [7, 11) is 0. The van der Waals surface area contributed by atoms with Crippen molar-refractivity contribution in [2.24, 2.45) is 5.92 Å². The monoisotopic (exact) mass is 289 g/mol. The molecular formula is C14H15N3O2S. The summed E-state index contributed by atoms with van der Waals surface area (Å²) in [5.74, 6) is -0.267. The van der Waals surface area contributed by atoms with Crippen molar-refractivity contribution in [1.82, 2.24) is 10.2 Å². The molecule has 20 heavy (non-hydrogen) atoms. The van der Waals surface area contributed by atoms with Crippen LogP contribution >= 0.6 is 11.3 Å². The second kappa shape index (κ2) is 5.58. The van der Waals surface area contributed by atoms with Crippen LogP contribution in [0.1, 0.15) is 12.8 Å². The summed E-state index contributed by atoms with van der Waals surface area (Å²) in [5.41, 5.74) is 0.857. The van der Waals surface area contributed by atoms with Crippen molar-refractivity contribution in [3.63, 3.8) is 0 Å². The molecule has 1 fully saturated rings. The molecule has 0 amide bonds. The van der Waals surface area contributed by atoms with Crippen LogP contribution in [0.4, 0.5) is 5.82 Å². The van der Waals surface area contributed by atoms with Crippen LogP contribution in [-0.4, -0.2) is 34.4 Å². The number of aromatic nitrogens is 2. The van der Waals surface area contributed by atoms with E-state index in [-0.39, 0.29) is 5.92 Å². The Morgan fingerprint density at radius 3 is 2.90 bits per heavy atom. The van der Waals surface area contributed by atoms with Gasteiger partial charge in [-0.3, -0.25) is 4.79 Å². The molecule has 5 nitrogen and oxygen atoms in total. The fraction of sp³-hybridized carbons (Fsp3) is 0.357. The Bertz CT molecular complexity index is 583. The van der Waals surface area contributed by atoms with Crippen LogP contribution < -0.4 is 4.90 Å². The molecule has 0 spiro atoms. The van der Waals surface area contributed by atoms with Gasteiger partial charge in [-0.15, -0.1) is 21.5 Å². The summed E-state index contributed by atoms with van der Waals surface area (Å²) in [6.45, 7) is 1.36. The minimum Gasteiger partial charge on any atom is -0.481 e. The summed E-state index contributed by atoms with van der Waals surface area (Å²) in [6.07, 6.45) is 1.62. The van der Waals surface area contributed by atoms with Gasteiger partial charge in [0.15, 0.2) is 5.82 Å². The van der Waals surface area contributed by atoms with E-state index in [1.165, 1.54) is 0 Å². The van der Waals surface area contributed by atoms with Crippen molar-refractivity contribution >= 4 is 23.1 Å². The Labute approximate surface area is 120 Å². The van der Waals surface area contributed by atoms with Gasteiger partial charge >= 0.3 is 5.97 Å². The lowest BCUT2D eigenvalue weighted by molar-refractivity contribution is -0.141. The summed E-state index contributed by atoms with van der Waals surface area (Å²) < 4.78 is 0. The number of carbonyl (C=O) groups is 1. The van der Waals surface area contributed by atoms with E-state index < -0.39 is 5.97 Å². The van der Waals surface area contributed by atoms with Crippen molar-refractivity contribution in [2.45, 2.75) is 12.8 Å². The molecule has 1 saturated heterocycles. The first-order chi connectivity index (χ1) is 9.74. The Hall–Kier alpha value is -1.95. The molecule has 1 N–H and O–H groups in total. The number of carboxylic acid groups (broad SMARTS) is 1. The molecular weight excluding hydrogens is 274 g/mol. The van der Waals surface area contributed by atoms with E-state index in [4.69, 9.17) is 5.11 Å². The highest BCUT2D eigenvalue weighted by molar-refractivity contribution is 7.13. The molecule has 2 aromatic heterocycles. The number of hydrogen-bond donors (Lipinski definition) is 1. The molecule has 1 atom stereocenters. The van der Waals surface area contributed by atoms with E-state index in [2.05, 4.69) is 10.2 Å². The molecule has 0 aliphatic carbocycles. The van der Waals surface area contributed by atoms with Gasteiger partial charge in [0.25, 0.3) is 0 Å². The molecule has 6 heteroatoms. The van der Waals surface area contributed by atoms with Gasteiger partial charge in [0.2, 0.25) is 0 Å². The molecule has 0 radical (unpaired) electrons. The van der Waals surface area contributed by atoms with E-state index in [1.54, 1.807) is 11.3 Å². The van der Waals surface area contributed by atoms with Crippen molar-refractivity contribution in [2.75, 3.05) is 18.0 Å². The first-order valence-electron chi connectivity index (χ1n) is 6.59. The molecule has 0 saturated carbocycles. The van der Waals surface area contributed by atoms with E-state index >= 15 is 0 Å². The summed E-state index contributed by atoms with van der Waals surface area (Å²) >= 11 is 1.63. The Balaban J connectivity index is 1.76. The molecule has 1 unspecified atom stereocenters. The van der Waals surface area contributed by atoms with Gasteiger partial charge in [0, 0.05) is 13.1 Å². The van der Waals surface area contributed by atoms with E-state index in [1.807, 2.05) is 34.5 Å². The minimum absolute atomic E-state index is 0.303. The number of aliphatic carboxylic acids is 1. The van der Waals surface area contributed by atoms with Crippen LogP contribution in [0.3, 0.4) is 0 Å². The quantitative estimate of drug-likeness (QED) is 0.940. The number of thiophene rings is 1. The Morgan fingerprint density at radius 1 is 1.35 bits per heavy atom. The Morgan fingerprint density at radius 2 is 2.25 bits per heavy atom. The van der Waals surface area contributed by atoms with Gasteiger partial charge in [-0.25, -0.2) is 0 Å². The van der Waals surface area contributed by atoms with Gasteiger partial charge in [0.1, 0.15) is 5.69 Å². The van der Waals surface area contributed by atoms with Crippen LogP contribution in [0.5, 0.6) is 0 Å². The average Bonchev–Trinajstić information content (AvgIpc) is 3.02. The third-order valence-electron chi connectivity index (χ3n) is 3.52. The fourth-order valence-corrected chi connectivity index (χ4v) is 3.13. The fourth-order valence-electron chi connectivity index (χ4n) is 2.44. The maximum Gasteiger partial charge on any atom is 0.308 e. The van der Waals surface area contributed by atoms with Gasteiger partial charge in [0.05, 0.1) is 10.8 Å². The number of hydrogen-bond acceptors (Lipinski definition) is 5. The maximum absolute atomic E-state index is 11.1. The van der Waals surface area contributed by atoms with Gasteiger partial charge in [-0.1, -0.05) is 6.07 Å². The van der Waals surface area contributed by atoms with Gasteiger partial charge in [-0.05, 0) is 36.4 Å². The smallest absolute Gasteiger partial charge is 0.308 e. The largest absolute Gasteiger partial charge is 0.481 e. The van der Waals surface area contributed by atoms with Gasteiger partial charge < -0.3 is 10.0 Å². The first kappa shape index (κ1) is 13.1. The van der Waals surface area contributed by atoms with Crippen molar-refractivity contribution in [3.05, 3.63) is 29.6 Å². The van der Waals surface area contributed by atoms with Crippen LogP contribution in [0.2, 0.25) is 0 Å². The molecule has 104 valence electrons. The zero-order valence-corrected chi connectivity index (χ0v) is 11.7. The Kier molecular flexibility index (Phi) is 3.64. The van der Waals surface area contributed by atoms with Crippen LogP contribution in [0, 0.1) is 5.92 Å². The van der Waals surface area contributed by atoms with E-state index in [9.17, 15) is 4.79 Å². The zero-order chi connectivity index (χ0) is 13.9. The highest BCUT2D eigenvalue weighted by Crippen LogP contribution is 2.25. The SMILES string of the molecule is O=C(O)C1CCCN(c2ccc(-c3cccs3)nn2)C1. The number of nitrogens with zero attached hydrogens (tertiary/aromatic N) is 3. The van der Waals surface area contributed by atoms with Crippen molar-refractivity contribution in [1.29, 1.82) is 0 Å². The van der Waals surface area contributed by atoms with Crippen LogP contribution in [-0.2, 0) is 4.79 Å². The second-order valence-corrected chi connectivity index (χ2v) is 5.83. The van der Waals surface area contributed by atoms with Gasteiger partial charge in [-0.2, -0.15) is 0 Å². The predicted molar refractivity (Wildman–Crippen MR) is 77.9 cm³/mol. The standard InChI is InChI=1S/C14H15N3O2S/c18-14(19)10-3-1-7-17(9-10)13-6-5-11(15-16-13)12-4-2-8-20-12/h2,4-6,8,10H,1,3,7,9H2,(H,18,19). The average molecular weight is 289 g/mol. The zero-order valence-electron chi connectivity index (χ0n) is 10.9. The van der Waals surface area contributed by atoms with Crippen molar-refractivity contribution in [3.8, 4) is 10.6 Å². The summed E-state index contributed by atoms with van der Waals surface area (Å²) in [4.78, 5) is 14.2. The van der Waals surface area contributed by atoms with E-state index in [0.29, 0.717) is 6.54 Å². The maximum atomic E-state index is 11.1. The topological polar surface area (TPSA) is 66.3 Å². The predicted octanol–water partition coefficient (Wildman–Crippen LogP) is 2.51. The third kappa shape index (κ3) is 2.65.